The van der Waals surface area contributed by atoms with Gasteiger partial charge in [-0.25, -0.2) is 10.6 Å². The van der Waals surface area contributed by atoms with Crippen molar-refractivity contribution in [2.24, 2.45) is 16.8 Å². The topological polar surface area (TPSA) is 129 Å². The smallest absolute Gasteiger partial charge is 0.334 e. The highest BCUT2D eigenvalue weighted by Crippen LogP contribution is 2.20. The highest BCUT2D eigenvalue weighted by molar-refractivity contribution is 5.94. The molecule has 0 radical (unpaired) electrons. The van der Waals surface area contributed by atoms with E-state index in [2.05, 4.69) is 17.1 Å². The fourth-order valence-corrected chi connectivity index (χ4v) is 2.36. The van der Waals surface area contributed by atoms with Gasteiger partial charge in [-0.15, -0.1) is 0 Å². The van der Waals surface area contributed by atoms with Crippen LogP contribution in [-0.4, -0.2) is 30.5 Å². The van der Waals surface area contributed by atoms with E-state index >= 15 is 0 Å². The number of hydrogen-bond donors (Lipinski definition) is 3. The molecule has 0 aromatic carbocycles. The van der Waals surface area contributed by atoms with Gasteiger partial charge in [0, 0.05) is 5.57 Å². The molecule has 1 aliphatic carbocycles. The van der Waals surface area contributed by atoms with E-state index in [0.29, 0.717) is 0 Å². The third-order valence-corrected chi connectivity index (χ3v) is 3.66. The Labute approximate surface area is 136 Å². The number of esters is 2. The van der Waals surface area contributed by atoms with Crippen molar-refractivity contribution in [1.29, 1.82) is 0 Å². The minimum absolute atomic E-state index is 0.0224. The van der Waals surface area contributed by atoms with Gasteiger partial charge in [-0.05, 0) is 25.7 Å². The molecule has 0 aromatic rings. The zero-order valence-electron chi connectivity index (χ0n) is 13.4. The first-order chi connectivity index (χ1) is 11.1. The van der Waals surface area contributed by atoms with Gasteiger partial charge in [0.25, 0.3) is 0 Å². The standard InChI is InChI=1S/C15H26N4O4/c1-11(15(21)22-10-13(18-16)19-17)9-14(20)23-12-7-5-3-2-4-6-8-12/h12H,1-10,16-17H2,(H,18,19). The van der Waals surface area contributed by atoms with Crippen molar-refractivity contribution in [1.82, 2.24) is 5.43 Å². The molecule has 0 atom stereocenters. The van der Waals surface area contributed by atoms with Crippen LogP contribution >= 0.6 is 0 Å². The Hall–Kier alpha value is -2.09. The van der Waals surface area contributed by atoms with Crippen LogP contribution in [0, 0.1) is 0 Å². The summed E-state index contributed by atoms with van der Waals surface area (Å²) in [6.07, 6.45) is 7.21. The largest absolute Gasteiger partial charge is 0.462 e. The minimum Gasteiger partial charge on any atom is -0.462 e. The normalized spacial score (nSPS) is 16.8. The molecule has 8 heteroatoms. The lowest BCUT2D eigenvalue weighted by Gasteiger charge is -2.20. The van der Waals surface area contributed by atoms with Gasteiger partial charge in [0.1, 0.15) is 6.10 Å². The van der Waals surface area contributed by atoms with Crippen LogP contribution in [0.2, 0.25) is 0 Å². The molecule has 1 aliphatic rings. The van der Waals surface area contributed by atoms with Crippen molar-refractivity contribution >= 4 is 17.8 Å². The van der Waals surface area contributed by atoms with Crippen LogP contribution in [0.3, 0.4) is 0 Å². The van der Waals surface area contributed by atoms with Crippen LogP contribution < -0.4 is 17.1 Å². The molecule has 8 nitrogen and oxygen atoms in total. The third-order valence-electron chi connectivity index (χ3n) is 3.66. The van der Waals surface area contributed by atoms with Gasteiger partial charge in [0.15, 0.2) is 12.4 Å². The third kappa shape index (κ3) is 7.64. The van der Waals surface area contributed by atoms with Crippen molar-refractivity contribution < 1.29 is 19.1 Å². The van der Waals surface area contributed by atoms with E-state index in [1.54, 1.807) is 0 Å². The number of carbonyl (C=O) groups excluding carboxylic acids is 2. The molecule has 0 amide bonds. The Kier molecular flexibility index (Phi) is 8.74. The van der Waals surface area contributed by atoms with Crippen molar-refractivity contribution in [2.75, 3.05) is 6.61 Å². The Morgan fingerprint density at radius 3 is 2.35 bits per heavy atom. The molecule has 1 fully saturated rings. The van der Waals surface area contributed by atoms with E-state index in [4.69, 9.17) is 21.2 Å². The zero-order valence-corrected chi connectivity index (χ0v) is 13.4. The molecule has 0 spiro atoms. The van der Waals surface area contributed by atoms with Gasteiger partial charge >= 0.3 is 11.9 Å². The highest BCUT2D eigenvalue weighted by atomic mass is 16.5. The van der Waals surface area contributed by atoms with Crippen molar-refractivity contribution in [3.8, 4) is 0 Å². The zero-order chi connectivity index (χ0) is 17.1. The van der Waals surface area contributed by atoms with Crippen LogP contribution in [-0.2, 0) is 19.1 Å². The predicted octanol–water partition coefficient (Wildman–Crippen LogP) is 0.868. The number of nitrogens with zero attached hydrogens (tertiary/aromatic N) is 1. The molecular formula is C15H26N4O4. The van der Waals surface area contributed by atoms with Crippen LogP contribution in [0.25, 0.3) is 0 Å². The van der Waals surface area contributed by atoms with Crippen molar-refractivity contribution in [2.45, 2.75) is 57.5 Å². The van der Waals surface area contributed by atoms with Gasteiger partial charge < -0.3 is 20.7 Å². The van der Waals surface area contributed by atoms with Gasteiger partial charge in [0.05, 0.1) is 6.42 Å². The summed E-state index contributed by atoms with van der Waals surface area (Å²) in [5.74, 6) is 9.05. The molecule has 23 heavy (non-hydrogen) atoms. The number of rotatable bonds is 6. The average molecular weight is 326 g/mol. The lowest BCUT2D eigenvalue weighted by atomic mass is 9.98. The number of nitrogens with one attached hydrogen (secondary N) is 1. The molecule has 0 aliphatic heterocycles. The van der Waals surface area contributed by atoms with E-state index in [-0.39, 0.29) is 30.5 Å². The molecular weight excluding hydrogens is 300 g/mol. The monoisotopic (exact) mass is 326 g/mol. The Bertz CT molecular complexity index is 443. The second-order valence-corrected chi connectivity index (χ2v) is 5.53. The molecule has 0 aromatic heterocycles. The summed E-state index contributed by atoms with van der Waals surface area (Å²) in [6.45, 7) is 3.33. The minimum atomic E-state index is -0.712. The fraction of sp³-hybridized carbons (Fsp3) is 0.667. The maximum atomic E-state index is 11.9. The number of hydrazine groups is 1. The predicted molar refractivity (Wildman–Crippen MR) is 85.9 cm³/mol. The molecule has 0 heterocycles. The summed E-state index contributed by atoms with van der Waals surface area (Å²) >= 11 is 0. The Morgan fingerprint density at radius 1 is 1.17 bits per heavy atom. The van der Waals surface area contributed by atoms with E-state index in [9.17, 15) is 9.59 Å². The first-order valence-corrected chi connectivity index (χ1v) is 7.84. The molecule has 0 unspecified atom stereocenters. The summed E-state index contributed by atoms with van der Waals surface area (Å²) in [5, 5.41) is 3.27. The SMILES string of the molecule is C=C(CC(=O)OC1CCCCCCC1)C(=O)OC/C(=N/N)NN. The van der Waals surface area contributed by atoms with Crippen molar-refractivity contribution in [3.63, 3.8) is 0 Å². The molecule has 1 saturated carbocycles. The Morgan fingerprint density at radius 2 is 1.78 bits per heavy atom. The lowest BCUT2D eigenvalue weighted by Crippen LogP contribution is -2.35. The number of ether oxygens (including phenoxy) is 2. The van der Waals surface area contributed by atoms with Gasteiger partial charge in [-0.1, -0.05) is 25.8 Å². The van der Waals surface area contributed by atoms with E-state index in [0.717, 1.165) is 25.7 Å². The van der Waals surface area contributed by atoms with Gasteiger partial charge in [-0.2, -0.15) is 5.10 Å². The number of nitrogens with two attached hydrogens (primary N) is 2. The summed E-state index contributed by atoms with van der Waals surface area (Å²) < 4.78 is 10.3. The van der Waals surface area contributed by atoms with Crippen LogP contribution in [0.5, 0.6) is 0 Å². The van der Waals surface area contributed by atoms with Crippen LogP contribution in [0.1, 0.15) is 51.4 Å². The number of amidine groups is 1. The van der Waals surface area contributed by atoms with Crippen molar-refractivity contribution in [3.05, 3.63) is 12.2 Å². The summed E-state index contributed by atoms with van der Waals surface area (Å²) in [6, 6.07) is 0. The quantitative estimate of drug-likeness (QED) is 0.165. The van der Waals surface area contributed by atoms with E-state index in [1.807, 2.05) is 0 Å². The molecule has 0 bridgehead atoms. The first-order valence-electron chi connectivity index (χ1n) is 7.84. The second-order valence-electron chi connectivity index (χ2n) is 5.53. The molecule has 130 valence electrons. The highest BCUT2D eigenvalue weighted by Gasteiger charge is 2.19. The number of hydrogen-bond acceptors (Lipinski definition) is 7. The fourth-order valence-electron chi connectivity index (χ4n) is 2.36. The maximum absolute atomic E-state index is 11.9. The van der Waals surface area contributed by atoms with E-state index < -0.39 is 11.9 Å². The van der Waals surface area contributed by atoms with Crippen LogP contribution in [0.4, 0.5) is 0 Å². The molecule has 1 rings (SSSR count). The Balaban J connectivity index is 2.34. The summed E-state index contributed by atoms with van der Waals surface area (Å²) in [7, 11) is 0. The number of carbonyl (C=O) groups is 2. The molecule has 5 N–H and O–H groups in total. The summed E-state index contributed by atoms with van der Waals surface area (Å²) in [4.78, 5) is 23.6. The summed E-state index contributed by atoms with van der Waals surface area (Å²) in [5.41, 5.74) is 2.20. The van der Waals surface area contributed by atoms with Crippen LogP contribution in [0.15, 0.2) is 17.3 Å². The van der Waals surface area contributed by atoms with Gasteiger partial charge in [-0.3, -0.25) is 4.79 Å². The van der Waals surface area contributed by atoms with E-state index in [1.165, 1.54) is 19.3 Å². The first kappa shape index (κ1) is 19.0. The second kappa shape index (κ2) is 10.6. The van der Waals surface area contributed by atoms with Gasteiger partial charge in [0.2, 0.25) is 0 Å². The molecule has 0 saturated heterocycles. The average Bonchev–Trinajstić information content (AvgIpc) is 2.50. The maximum Gasteiger partial charge on any atom is 0.334 e. The lowest BCUT2D eigenvalue weighted by molar-refractivity contribution is -0.151. The number of hydrazone groups is 1.